The minimum atomic E-state index is -1.88. The van der Waals surface area contributed by atoms with Gasteiger partial charge in [0.2, 0.25) is 0 Å². The minimum Gasteiger partial charge on any atom is -0.328 e. The Morgan fingerprint density at radius 3 is 2.13 bits per heavy atom. The fraction of sp³-hybridized carbons (Fsp3) is 0.524. The second-order valence-electron chi connectivity index (χ2n) is 7.71. The number of benzene rings is 1. The van der Waals surface area contributed by atoms with Gasteiger partial charge in [-0.2, -0.15) is 0 Å². The molecule has 1 saturated carbocycles. The lowest BCUT2D eigenvalue weighted by Gasteiger charge is -2.38. The van der Waals surface area contributed by atoms with Gasteiger partial charge in [-0.05, 0) is 57.0 Å². The molecule has 2 aliphatic rings. The third-order valence-electron chi connectivity index (χ3n) is 5.92. The highest BCUT2D eigenvalue weighted by Crippen LogP contribution is 2.37. The van der Waals surface area contributed by atoms with Crippen LogP contribution in [0.15, 0.2) is 52.2 Å². The molecule has 0 heterocycles. The maximum Gasteiger partial charge on any atom is 0.187 e. The molecule has 0 saturated heterocycles. The molecule has 0 aromatic heterocycles. The molecule has 23 heavy (non-hydrogen) atoms. The summed E-state index contributed by atoms with van der Waals surface area (Å²) in [4.78, 5) is 4.22. The lowest BCUT2D eigenvalue weighted by Crippen LogP contribution is -2.63. The van der Waals surface area contributed by atoms with Gasteiger partial charge in [0.05, 0.1) is 0 Å². The van der Waals surface area contributed by atoms with Crippen molar-refractivity contribution in [3.63, 3.8) is 0 Å². The summed E-state index contributed by atoms with van der Waals surface area (Å²) >= 11 is 0. The topological polar surface area (TPSA) is 12.0 Å². The lowest BCUT2D eigenvalue weighted by atomic mass is 9.96. The molecule has 1 nitrogen and oxygen atoms in total. The van der Waals surface area contributed by atoms with Gasteiger partial charge in [0, 0.05) is 6.04 Å². The predicted octanol–water partition coefficient (Wildman–Crippen LogP) is 4.99. The van der Waals surface area contributed by atoms with E-state index < -0.39 is 8.24 Å². The maximum absolute atomic E-state index is 4.22. The fourth-order valence-corrected chi connectivity index (χ4v) is 9.15. The van der Waals surface area contributed by atoms with Crippen LogP contribution in [-0.4, -0.2) is 14.3 Å². The van der Waals surface area contributed by atoms with E-state index in [1.807, 2.05) is 0 Å². The lowest BCUT2D eigenvalue weighted by molar-refractivity contribution is 0.415. The number of rotatable bonds is 4. The normalized spacial score (nSPS) is 22.6. The van der Waals surface area contributed by atoms with Crippen LogP contribution in [-0.2, 0) is 0 Å². The molecule has 1 unspecified atom stereocenters. The van der Waals surface area contributed by atoms with Crippen LogP contribution in [0.2, 0.25) is 6.55 Å². The monoisotopic (exact) mass is 325 g/mol. The predicted molar refractivity (Wildman–Crippen MR) is 103 cm³/mol. The first-order chi connectivity index (χ1) is 11.0. The van der Waals surface area contributed by atoms with Crippen LogP contribution < -0.4 is 10.2 Å². The van der Waals surface area contributed by atoms with Crippen LogP contribution >= 0.6 is 0 Å². The average molecular weight is 326 g/mol. The Bertz CT molecular complexity index is 623. The van der Waals surface area contributed by atoms with Gasteiger partial charge in [0.15, 0.2) is 8.24 Å². The highest BCUT2D eigenvalue weighted by atomic mass is 28.3. The van der Waals surface area contributed by atoms with Crippen LogP contribution in [0.1, 0.15) is 59.3 Å². The smallest absolute Gasteiger partial charge is 0.187 e. The van der Waals surface area contributed by atoms with Crippen molar-refractivity contribution in [1.29, 1.82) is 0 Å². The number of hydrogen-bond donors (Lipinski definition) is 1. The summed E-state index contributed by atoms with van der Waals surface area (Å²) in [5.74, 6) is 0. The SMILES string of the molecule is CC1=C(C)C([Si](C)(NC2CCCCC2)c2ccccc2)=C(C)C1. The summed E-state index contributed by atoms with van der Waals surface area (Å²) in [6, 6.07) is 12.0. The van der Waals surface area contributed by atoms with Crippen LogP contribution in [0.4, 0.5) is 0 Å². The zero-order valence-electron chi connectivity index (χ0n) is 15.2. The molecule has 1 N–H and O–H groups in total. The second-order valence-corrected chi connectivity index (χ2v) is 11.3. The van der Waals surface area contributed by atoms with E-state index in [2.05, 4.69) is 62.6 Å². The Morgan fingerprint density at radius 2 is 1.57 bits per heavy atom. The quantitative estimate of drug-likeness (QED) is 0.769. The summed E-state index contributed by atoms with van der Waals surface area (Å²) < 4.78 is 0. The van der Waals surface area contributed by atoms with Gasteiger partial charge in [0.1, 0.15) is 0 Å². The van der Waals surface area contributed by atoms with E-state index in [0.29, 0.717) is 6.04 Å². The van der Waals surface area contributed by atoms with Gasteiger partial charge >= 0.3 is 0 Å². The summed E-state index contributed by atoms with van der Waals surface area (Å²) in [7, 11) is -1.88. The van der Waals surface area contributed by atoms with Crippen LogP contribution in [0.25, 0.3) is 0 Å². The van der Waals surface area contributed by atoms with Crippen LogP contribution in [0, 0.1) is 0 Å². The van der Waals surface area contributed by atoms with Crippen molar-refractivity contribution in [3.05, 3.63) is 52.2 Å². The van der Waals surface area contributed by atoms with Crippen molar-refractivity contribution in [1.82, 2.24) is 4.98 Å². The van der Waals surface area contributed by atoms with Gasteiger partial charge in [-0.25, -0.2) is 0 Å². The highest BCUT2D eigenvalue weighted by molar-refractivity contribution is 6.95. The molecule has 0 spiro atoms. The summed E-state index contributed by atoms with van der Waals surface area (Å²) in [6.45, 7) is 9.55. The molecule has 1 atom stereocenters. The van der Waals surface area contributed by atoms with Crippen molar-refractivity contribution in [2.24, 2.45) is 0 Å². The molecule has 0 amide bonds. The zero-order chi connectivity index (χ0) is 16.4. The first-order valence-electron chi connectivity index (χ1n) is 9.22. The van der Waals surface area contributed by atoms with E-state index in [4.69, 9.17) is 0 Å². The standard InChI is InChI=1S/C21H31NSi/c1-16-15-17(2)21(18(16)3)23(4,20-13-9-6-10-14-20)22-19-11-7-5-8-12-19/h6,9-10,13-14,19,22H,5,7-8,11-12,15H2,1-4H3. The third kappa shape index (κ3) is 3.25. The first kappa shape index (κ1) is 16.7. The number of allylic oxidation sites excluding steroid dienone is 4. The molecule has 0 radical (unpaired) electrons. The Kier molecular flexibility index (Phi) is 4.93. The van der Waals surface area contributed by atoms with E-state index >= 15 is 0 Å². The molecule has 1 aromatic carbocycles. The van der Waals surface area contributed by atoms with Crippen molar-refractivity contribution >= 4 is 13.4 Å². The van der Waals surface area contributed by atoms with E-state index in [9.17, 15) is 0 Å². The molecule has 3 rings (SSSR count). The molecular formula is C21H31NSi. The first-order valence-corrected chi connectivity index (χ1v) is 11.7. The van der Waals surface area contributed by atoms with Gasteiger partial charge in [-0.3, -0.25) is 0 Å². The molecule has 2 aliphatic carbocycles. The van der Waals surface area contributed by atoms with E-state index in [0.717, 1.165) is 0 Å². The van der Waals surface area contributed by atoms with E-state index in [-0.39, 0.29) is 0 Å². The van der Waals surface area contributed by atoms with Gasteiger partial charge < -0.3 is 4.98 Å². The summed E-state index contributed by atoms with van der Waals surface area (Å²) in [6.07, 6.45) is 8.07. The van der Waals surface area contributed by atoms with Crippen molar-refractivity contribution in [3.8, 4) is 0 Å². The van der Waals surface area contributed by atoms with E-state index in [1.54, 1.807) is 21.9 Å². The Labute approximate surface area is 143 Å². The van der Waals surface area contributed by atoms with Gasteiger partial charge in [-0.15, -0.1) is 0 Å². The molecule has 0 aliphatic heterocycles. The van der Waals surface area contributed by atoms with Gasteiger partial charge in [-0.1, -0.05) is 66.3 Å². The van der Waals surface area contributed by atoms with Crippen molar-refractivity contribution < 1.29 is 0 Å². The maximum atomic E-state index is 4.22. The molecule has 2 heteroatoms. The molecule has 124 valence electrons. The van der Waals surface area contributed by atoms with Crippen molar-refractivity contribution in [2.45, 2.75) is 71.9 Å². The molecular weight excluding hydrogens is 294 g/mol. The fourth-order valence-electron chi connectivity index (χ4n) is 4.68. The summed E-state index contributed by atoms with van der Waals surface area (Å²) in [5.41, 5.74) is 4.72. The molecule has 1 aromatic rings. The minimum absolute atomic E-state index is 0.703. The molecule has 1 fully saturated rings. The second kappa shape index (κ2) is 6.78. The van der Waals surface area contributed by atoms with E-state index in [1.165, 1.54) is 43.7 Å². The molecule has 0 bridgehead atoms. The number of nitrogens with one attached hydrogen (secondary N) is 1. The summed E-state index contributed by atoms with van der Waals surface area (Å²) in [5, 5.41) is 3.21. The zero-order valence-corrected chi connectivity index (χ0v) is 16.2. The average Bonchev–Trinajstić information content (AvgIpc) is 2.82. The van der Waals surface area contributed by atoms with Crippen LogP contribution in [0.3, 0.4) is 0 Å². The third-order valence-corrected chi connectivity index (χ3v) is 10.2. The largest absolute Gasteiger partial charge is 0.328 e. The Balaban J connectivity index is 2.02. The van der Waals surface area contributed by atoms with Gasteiger partial charge in [0.25, 0.3) is 0 Å². The Morgan fingerprint density at radius 1 is 0.913 bits per heavy atom. The Hall–Kier alpha value is -1.12. The number of hydrogen-bond acceptors (Lipinski definition) is 1. The highest BCUT2D eigenvalue weighted by Gasteiger charge is 2.40. The van der Waals surface area contributed by atoms with Crippen LogP contribution in [0.5, 0.6) is 0 Å². The van der Waals surface area contributed by atoms with Crippen molar-refractivity contribution in [2.75, 3.05) is 0 Å².